The van der Waals surface area contributed by atoms with E-state index in [-0.39, 0.29) is 5.03 Å². The molecule has 0 aliphatic heterocycles. The second-order valence-electron chi connectivity index (χ2n) is 4.25. The van der Waals surface area contributed by atoms with Crippen molar-refractivity contribution in [2.45, 2.75) is 18.5 Å². The van der Waals surface area contributed by atoms with Crippen molar-refractivity contribution in [2.75, 3.05) is 11.3 Å². The van der Waals surface area contributed by atoms with Crippen molar-refractivity contribution in [3.05, 3.63) is 46.8 Å². The number of aromatic nitrogens is 2. The molecule has 8 heteroatoms. The standard InChI is InChI=1S/C13H15BrN4O2S/c1-2-15-7-10-3-4-13(17-8-10)21(19,20)18-12-5-6-16-9-11(12)14/h3-6,8-9,15H,2,7H2,1H3,(H,16,18). The van der Waals surface area contributed by atoms with Crippen LogP contribution in [0.15, 0.2) is 46.3 Å². The SMILES string of the molecule is CCNCc1ccc(S(=O)(=O)Nc2ccncc2Br)nc1. The van der Waals surface area contributed by atoms with Crippen LogP contribution in [0.5, 0.6) is 0 Å². The number of hydrogen-bond donors (Lipinski definition) is 2. The van der Waals surface area contributed by atoms with Crippen LogP contribution in [0.3, 0.4) is 0 Å². The lowest BCUT2D eigenvalue weighted by atomic mass is 10.3. The summed E-state index contributed by atoms with van der Waals surface area (Å²) >= 11 is 3.24. The number of rotatable bonds is 6. The zero-order valence-corrected chi connectivity index (χ0v) is 13.8. The van der Waals surface area contributed by atoms with Crippen molar-refractivity contribution in [1.82, 2.24) is 15.3 Å². The van der Waals surface area contributed by atoms with Gasteiger partial charge in [-0.3, -0.25) is 9.71 Å². The minimum atomic E-state index is -3.71. The first-order valence-corrected chi connectivity index (χ1v) is 8.58. The molecule has 0 radical (unpaired) electrons. The molecule has 0 saturated heterocycles. The maximum Gasteiger partial charge on any atom is 0.279 e. The van der Waals surface area contributed by atoms with E-state index in [0.29, 0.717) is 16.7 Å². The molecule has 0 amide bonds. The van der Waals surface area contributed by atoms with E-state index >= 15 is 0 Å². The summed E-state index contributed by atoms with van der Waals surface area (Å²) in [5, 5.41) is 3.13. The molecule has 2 aromatic rings. The largest absolute Gasteiger partial charge is 0.313 e. The van der Waals surface area contributed by atoms with Gasteiger partial charge >= 0.3 is 0 Å². The smallest absolute Gasteiger partial charge is 0.279 e. The van der Waals surface area contributed by atoms with Gasteiger partial charge in [0.25, 0.3) is 10.0 Å². The fraction of sp³-hybridized carbons (Fsp3) is 0.231. The van der Waals surface area contributed by atoms with Crippen molar-refractivity contribution in [2.24, 2.45) is 0 Å². The summed E-state index contributed by atoms with van der Waals surface area (Å²) in [6.07, 6.45) is 4.58. The molecule has 0 unspecified atom stereocenters. The van der Waals surface area contributed by atoms with Crippen LogP contribution in [0.1, 0.15) is 12.5 Å². The first-order valence-electron chi connectivity index (χ1n) is 6.31. The predicted molar refractivity (Wildman–Crippen MR) is 84.4 cm³/mol. The predicted octanol–water partition coefficient (Wildman–Crippen LogP) is 2.15. The lowest BCUT2D eigenvalue weighted by Crippen LogP contribution is -2.16. The zero-order chi connectivity index (χ0) is 15.3. The molecule has 2 N–H and O–H groups in total. The average Bonchev–Trinajstić information content (AvgIpc) is 2.48. The number of nitrogens with one attached hydrogen (secondary N) is 2. The quantitative estimate of drug-likeness (QED) is 0.813. The summed E-state index contributed by atoms with van der Waals surface area (Å²) in [4.78, 5) is 7.89. The Morgan fingerprint density at radius 3 is 2.67 bits per heavy atom. The summed E-state index contributed by atoms with van der Waals surface area (Å²) in [7, 11) is -3.71. The van der Waals surface area contributed by atoms with Gasteiger partial charge in [-0.1, -0.05) is 13.0 Å². The van der Waals surface area contributed by atoms with E-state index in [9.17, 15) is 8.42 Å². The van der Waals surface area contributed by atoms with Crippen LogP contribution < -0.4 is 10.0 Å². The van der Waals surface area contributed by atoms with Crippen molar-refractivity contribution in [3.63, 3.8) is 0 Å². The van der Waals surface area contributed by atoms with Crippen molar-refractivity contribution < 1.29 is 8.42 Å². The van der Waals surface area contributed by atoms with Crippen LogP contribution in [0.25, 0.3) is 0 Å². The van der Waals surface area contributed by atoms with Crippen LogP contribution in [0, 0.1) is 0 Å². The van der Waals surface area contributed by atoms with Gasteiger partial charge in [-0.15, -0.1) is 0 Å². The third-order valence-corrected chi connectivity index (χ3v) is 4.58. The Morgan fingerprint density at radius 2 is 2.05 bits per heavy atom. The molecule has 0 atom stereocenters. The van der Waals surface area contributed by atoms with Gasteiger partial charge in [-0.05, 0) is 40.2 Å². The highest BCUT2D eigenvalue weighted by molar-refractivity contribution is 9.10. The first kappa shape index (κ1) is 15.9. The third-order valence-electron chi connectivity index (χ3n) is 2.67. The van der Waals surface area contributed by atoms with Gasteiger partial charge < -0.3 is 5.32 Å². The van der Waals surface area contributed by atoms with E-state index in [0.717, 1.165) is 12.1 Å². The van der Waals surface area contributed by atoms with Gasteiger partial charge in [-0.25, -0.2) is 4.98 Å². The molecule has 2 aromatic heterocycles. The van der Waals surface area contributed by atoms with Crippen molar-refractivity contribution in [1.29, 1.82) is 0 Å². The van der Waals surface area contributed by atoms with Crippen molar-refractivity contribution >= 4 is 31.6 Å². The normalized spacial score (nSPS) is 11.3. The molecular formula is C13H15BrN4O2S. The molecule has 6 nitrogen and oxygen atoms in total. The summed E-state index contributed by atoms with van der Waals surface area (Å²) < 4.78 is 27.5. The molecule has 2 heterocycles. The number of nitrogens with zero attached hydrogens (tertiary/aromatic N) is 2. The van der Waals surface area contributed by atoms with Crippen LogP contribution in [-0.2, 0) is 16.6 Å². The zero-order valence-electron chi connectivity index (χ0n) is 11.4. The van der Waals surface area contributed by atoms with Crippen molar-refractivity contribution in [3.8, 4) is 0 Å². The van der Waals surface area contributed by atoms with E-state index < -0.39 is 10.0 Å². The molecule has 21 heavy (non-hydrogen) atoms. The summed E-state index contributed by atoms with van der Waals surface area (Å²) in [6, 6.07) is 4.80. The highest BCUT2D eigenvalue weighted by atomic mass is 79.9. The molecule has 0 fully saturated rings. The number of halogens is 1. The Kier molecular flexibility index (Phi) is 5.27. The molecule has 0 spiro atoms. The van der Waals surface area contributed by atoms with Gasteiger partial charge in [0, 0.05) is 25.1 Å². The van der Waals surface area contributed by atoms with Gasteiger partial charge in [0.05, 0.1) is 10.2 Å². The number of hydrogen-bond acceptors (Lipinski definition) is 5. The van der Waals surface area contributed by atoms with Crippen LogP contribution in [0.4, 0.5) is 5.69 Å². The Hall–Kier alpha value is -1.51. The Labute approximate surface area is 132 Å². The lowest BCUT2D eigenvalue weighted by molar-refractivity contribution is 0.597. The van der Waals surface area contributed by atoms with Gasteiger partial charge in [0.1, 0.15) is 0 Å². The molecule has 0 bridgehead atoms. The van der Waals surface area contributed by atoms with Gasteiger partial charge in [-0.2, -0.15) is 8.42 Å². The molecule has 0 saturated carbocycles. The van der Waals surface area contributed by atoms with Crippen LogP contribution in [0.2, 0.25) is 0 Å². The van der Waals surface area contributed by atoms with E-state index in [1.165, 1.54) is 18.5 Å². The number of sulfonamides is 1. The maximum absolute atomic E-state index is 12.2. The van der Waals surface area contributed by atoms with Gasteiger partial charge in [0.2, 0.25) is 0 Å². The van der Waals surface area contributed by atoms with E-state index in [1.54, 1.807) is 18.3 Å². The number of pyridine rings is 2. The molecule has 0 aromatic carbocycles. The van der Waals surface area contributed by atoms with E-state index in [1.807, 2.05) is 6.92 Å². The van der Waals surface area contributed by atoms with Crippen LogP contribution >= 0.6 is 15.9 Å². The second kappa shape index (κ2) is 6.97. The highest BCUT2D eigenvalue weighted by Crippen LogP contribution is 2.22. The van der Waals surface area contributed by atoms with E-state index in [2.05, 4.69) is 35.9 Å². The Bertz CT molecular complexity index is 704. The maximum atomic E-state index is 12.2. The molecule has 112 valence electrons. The third kappa shape index (κ3) is 4.23. The summed E-state index contributed by atoms with van der Waals surface area (Å²) in [6.45, 7) is 3.51. The first-order chi connectivity index (χ1) is 10.0. The fourth-order valence-corrected chi connectivity index (χ4v) is 3.09. The van der Waals surface area contributed by atoms with E-state index in [4.69, 9.17) is 0 Å². The summed E-state index contributed by atoms with van der Waals surface area (Å²) in [5.74, 6) is 0. The minimum Gasteiger partial charge on any atom is -0.313 e. The van der Waals surface area contributed by atoms with Gasteiger partial charge in [0.15, 0.2) is 5.03 Å². The number of anilines is 1. The topological polar surface area (TPSA) is 84.0 Å². The average molecular weight is 371 g/mol. The summed E-state index contributed by atoms with van der Waals surface area (Å²) in [5.41, 5.74) is 1.35. The van der Waals surface area contributed by atoms with Crippen LogP contribution in [-0.4, -0.2) is 24.9 Å². The lowest BCUT2D eigenvalue weighted by Gasteiger charge is -2.09. The molecule has 0 aliphatic carbocycles. The highest BCUT2D eigenvalue weighted by Gasteiger charge is 2.17. The molecule has 2 rings (SSSR count). The Balaban J connectivity index is 2.18. The Morgan fingerprint density at radius 1 is 1.24 bits per heavy atom. The monoisotopic (exact) mass is 370 g/mol. The molecule has 0 aliphatic rings. The fourth-order valence-electron chi connectivity index (χ4n) is 1.60. The molecular weight excluding hydrogens is 356 g/mol. The second-order valence-corrected chi connectivity index (χ2v) is 6.73. The minimum absolute atomic E-state index is 0.0218.